The van der Waals surface area contributed by atoms with Crippen molar-refractivity contribution in [2.24, 2.45) is 0 Å². The lowest BCUT2D eigenvalue weighted by molar-refractivity contribution is 0.296. The minimum Gasteiger partial charge on any atom is -0.310 e. The summed E-state index contributed by atoms with van der Waals surface area (Å²) in [6.45, 7) is 10.7. The Balaban J connectivity index is 2.34. The van der Waals surface area contributed by atoms with Crippen LogP contribution in [0.15, 0.2) is 18.2 Å². The number of nitrogens with zero attached hydrogens (tertiary/aromatic N) is 1. The van der Waals surface area contributed by atoms with E-state index in [1.165, 1.54) is 6.07 Å². The van der Waals surface area contributed by atoms with Gasteiger partial charge in [0.1, 0.15) is 5.82 Å². The number of halogens is 2. The number of nitrogens with one attached hydrogen (secondary N) is 1. The maximum Gasteiger partial charge on any atom is 0.141 e. The summed E-state index contributed by atoms with van der Waals surface area (Å²) < 4.78 is 13.1. The molecule has 0 amide bonds. The minimum absolute atomic E-state index is 0.189. The van der Waals surface area contributed by atoms with Crippen molar-refractivity contribution in [2.45, 2.75) is 33.2 Å². The molecule has 0 saturated heterocycles. The zero-order valence-corrected chi connectivity index (χ0v) is 12.8. The molecule has 1 aromatic rings. The van der Waals surface area contributed by atoms with Crippen molar-refractivity contribution in [1.82, 2.24) is 10.2 Å². The fourth-order valence-corrected chi connectivity index (χ4v) is 2.25. The molecule has 19 heavy (non-hydrogen) atoms. The van der Waals surface area contributed by atoms with E-state index in [2.05, 4.69) is 31.0 Å². The van der Waals surface area contributed by atoms with E-state index < -0.39 is 0 Å². The van der Waals surface area contributed by atoms with Gasteiger partial charge in [-0.3, -0.25) is 0 Å². The van der Waals surface area contributed by atoms with E-state index in [1.807, 2.05) is 0 Å². The first kappa shape index (κ1) is 16.4. The Bertz CT molecular complexity index is 380. The molecule has 0 radical (unpaired) electrons. The average Bonchev–Trinajstić information content (AvgIpc) is 2.42. The minimum atomic E-state index is -0.362. The number of hydrogen-bond acceptors (Lipinski definition) is 2. The maximum absolute atomic E-state index is 13.1. The van der Waals surface area contributed by atoms with Gasteiger partial charge in [-0.1, -0.05) is 31.5 Å². The Labute approximate surface area is 120 Å². The molecule has 108 valence electrons. The van der Waals surface area contributed by atoms with Crippen molar-refractivity contribution in [2.75, 3.05) is 26.2 Å². The second kappa shape index (κ2) is 8.51. The highest BCUT2D eigenvalue weighted by atomic mass is 35.5. The second-order valence-corrected chi connectivity index (χ2v) is 5.14. The molecular formula is C15H24ClFN2. The SMILES string of the molecule is CCN(CC)CCCNC(C)c1ccc(F)c(Cl)c1. The van der Waals surface area contributed by atoms with Crippen LogP contribution in [0.1, 0.15) is 38.8 Å². The molecule has 0 aromatic heterocycles. The van der Waals surface area contributed by atoms with Gasteiger partial charge in [0, 0.05) is 6.04 Å². The molecule has 0 spiro atoms. The Morgan fingerprint density at radius 3 is 2.58 bits per heavy atom. The van der Waals surface area contributed by atoms with Crippen molar-refractivity contribution in [1.29, 1.82) is 0 Å². The predicted molar refractivity (Wildman–Crippen MR) is 80.2 cm³/mol. The van der Waals surface area contributed by atoms with Gasteiger partial charge in [0.2, 0.25) is 0 Å². The molecule has 1 atom stereocenters. The van der Waals surface area contributed by atoms with Crippen LogP contribution in [-0.2, 0) is 0 Å². The van der Waals surface area contributed by atoms with E-state index in [1.54, 1.807) is 12.1 Å². The van der Waals surface area contributed by atoms with E-state index in [-0.39, 0.29) is 16.9 Å². The van der Waals surface area contributed by atoms with Crippen LogP contribution in [0.4, 0.5) is 4.39 Å². The van der Waals surface area contributed by atoms with Crippen molar-refractivity contribution >= 4 is 11.6 Å². The molecule has 4 heteroatoms. The molecule has 0 saturated carbocycles. The van der Waals surface area contributed by atoms with Crippen LogP contribution in [0, 0.1) is 5.82 Å². The van der Waals surface area contributed by atoms with Gasteiger partial charge in [-0.2, -0.15) is 0 Å². The summed E-state index contributed by atoms with van der Waals surface area (Å²) in [4.78, 5) is 2.40. The van der Waals surface area contributed by atoms with E-state index in [9.17, 15) is 4.39 Å². The Morgan fingerprint density at radius 1 is 1.32 bits per heavy atom. The number of rotatable bonds is 8. The summed E-state index contributed by atoms with van der Waals surface area (Å²) in [7, 11) is 0. The lowest BCUT2D eigenvalue weighted by Gasteiger charge is -2.19. The first-order valence-corrected chi connectivity index (χ1v) is 7.37. The molecule has 0 bridgehead atoms. The normalized spacial score (nSPS) is 12.9. The molecule has 1 aromatic carbocycles. The summed E-state index contributed by atoms with van der Waals surface area (Å²) in [5.74, 6) is -0.362. The van der Waals surface area contributed by atoms with Crippen LogP contribution in [0.2, 0.25) is 5.02 Å². The van der Waals surface area contributed by atoms with E-state index in [0.717, 1.165) is 38.2 Å². The molecule has 0 aliphatic heterocycles. The quantitative estimate of drug-likeness (QED) is 0.730. The standard InChI is InChI=1S/C15H24ClFN2/c1-4-19(5-2)10-6-9-18-12(3)13-7-8-15(17)14(16)11-13/h7-8,11-12,18H,4-6,9-10H2,1-3H3. The van der Waals surface area contributed by atoms with Gasteiger partial charge in [0.15, 0.2) is 0 Å². The largest absolute Gasteiger partial charge is 0.310 e. The fourth-order valence-electron chi connectivity index (χ4n) is 2.06. The fraction of sp³-hybridized carbons (Fsp3) is 0.600. The van der Waals surface area contributed by atoms with Gasteiger partial charge in [-0.05, 0) is 57.2 Å². The molecule has 0 fully saturated rings. The molecule has 1 N–H and O–H groups in total. The monoisotopic (exact) mass is 286 g/mol. The summed E-state index contributed by atoms with van der Waals surface area (Å²) in [5, 5.41) is 3.63. The third-order valence-corrected chi connectivity index (χ3v) is 3.73. The van der Waals surface area contributed by atoms with Crippen molar-refractivity contribution in [3.8, 4) is 0 Å². The lowest BCUT2D eigenvalue weighted by Crippen LogP contribution is -2.28. The second-order valence-electron chi connectivity index (χ2n) is 4.73. The van der Waals surface area contributed by atoms with E-state index in [0.29, 0.717) is 0 Å². The highest BCUT2D eigenvalue weighted by Crippen LogP contribution is 2.20. The first-order chi connectivity index (χ1) is 9.08. The molecule has 0 aliphatic carbocycles. The lowest BCUT2D eigenvalue weighted by atomic mass is 10.1. The van der Waals surface area contributed by atoms with Crippen LogP contribution in [0.25, 0.3) is 0 Å². The topological polar surface area (TPSA) is 15.3 Å². The van der Waals surface area contributed by atoms with Gasteiger partial charge in [-0.25, -0.2) is 4.39 Å². The van der Waals surface area contributed by atoms with Gasteiger partial charge in [-0.15, -0.1) is 0 Å². The first-order valence-electron chi connectivity index (χ1n) is 6.99. The summed E-state index contributed by atoms with van der Waals surface area (Å²) in [6, 6.07) is 5.09. The van der Waals surface area contributed by atoms with Crippen LogP contribution < -0.4 is 5.32 Å². The van der Waals surface area contributed by atoms with E-state index >= 15 is 0 Å². The molecular weight excluding hydrogens is 263 g/mol. The van der Waals surface area contributed by atoms with Gasteiger partial charge < -0.3 is 10.2 Å². The summed E-state index contributed by atoms with van der Waals surface area (Å²) in [6.07, 6.45) is 1.11. The Hall–Kier alpha value is -0.640. The summed E-state index contributed by atoms with van der Waals surface area (Å²) >= 11 is 5.79. The smallest absolute Gasteiger partial charge is 0.141 e. The average molecular weight is 287 g/mol. The third kappa shape index (κ3) is 5.47. The Kier molecular flexibility index (Phi) is 7.36. The predicted octanol–water partition coefficient (Wildman–Crippen LogP) is 3.86. The van der Waals surface area contributed by atoms with Crippen LogP contribution in [0.3, 0.4) is 0 Å². The van der Waals surface area contributed by atoms with Gasteiger partial charge in [0.05, 0.1) is 5.02 Å². The zero-order chi connectivity index (χ0) is 14.3. The Morgan fingerprint density at radius 2 is 2.00 bits per heavy atom. The highest BCUT2D eigenvalue weighted by molar-refractivity contribution is 6.30. The maximum atomic E-state index is 13.1. The van der Waals surface area contributed by atoms with Crippen LogP contribution in [0.5, 0.6) is 0 Å². The van der Waals surface area contributed by atoms with Crippen molar-refractivity contribution < 1.29 is 4.39 Å². The van der Waals surface area contributed by atoms with Gasteiger partial charge in [0.25, 0.3) is 0 Å². The van der Waals surface area contributed by atoms with Crippen molar-refractivity contribution in [3.63, 3.8) is 0 Å². The molecule has 0 aliphatic rings. The molecule has 2 nitrogen and oxygen atoms in total. The molecule has 1 rings (SSSR count). The van der Waals surface area contributed by atoms with E-state index in [4.69, 9.17) is 11.6 Å². The molecule has 1 unspecified atom stereocenters. The third-order valence-electron chi connectivity index (χ3n) is 3.44. The molecule has 0 heterocycles. The van der Waals surface area contributed by atoms with Crippen molar-refractivity contribution in [3.05, 3.63) is 34.6 Å². The van der Waals surface area contributed by atoms with Crippen LogP contribution >= 0.6 is 11.6 Å². The van der Waals surface area contributed by atoms with Gasteiger partial charge >= 0.3 is 0 Å². The van der Waals surface area contributed by atoms with Crippen LogP contribution in [-0.4, -0.2) is 31.1 Å². The summed E-state index contributed by atoms with van der Waals surface area (Å²) in [5.41, 5.74) is 1.02. The zero-order valence-electron chi connectivity index (χ0n) is 12.0. The number of benzene rings is 1. The highest BCUT2D eigenvalue weighted by Gasteiger charge is 2.07. The number of hydrogen-bond donors (Lipinski definition) is 1.